The number of esters is 2. The van der Waals surface area contributed by atoms with E-state index in [1.54, 1.807) is 12.2 Å². The molecule has 1 aliphatic carbocycles. The lowest BCUT2D eigenvalue weighted by molar-refractivity contribution is -0.161. The van der Waals surface area contributed by atoms with Gasteiger partial charge in [0.15, 0.2) is 6.10 Å². The Labute approximate surface area is 301 Å². The Morgan fingerprint density at radius 2 is 1.42 bits per heavy atom. The minimum Gasteiger partial charge on any atom is -0.462 e. The highest BCUT2D eigenvalue weighted by atomic mass is 31.2. The van der Waals surface area contributed by atoms with Crippen molar-refractivity contribution in [3.05, 3.63) is 12.2 Å². The molecule has 0 aromatic heterocycles. The first kappa shape index (κ1) is 46.4. The van der Waals surface area contributed by atoms with Crippen molar-refractivity contribution in [1.29, 1.82) is 0 Å². The number of hydrogen-bond acceptors (Lipinski definition) is 9. The van der Waals surface area contributed by atoms with E-state index in [9.17, 15) is 29.2 Å². The maximum atomic E-state index is 12.5. The standard InChI is InChI=1S/C38H69O11P/c1-4-6-15-21-31(39)25-26-34-33(35(40)27-36(34)41)22-17-13-14-19-24-38(43)49-32(29-48-50(44,45)46)28-47-37(42)23-18-12-10-8-7-9-11-16-20-30(3)5-2/h25-26,30-35,39-40H,4-24,27-29H2,1-3H3,(H2,44,45,46)/b26-25+/t30?,31-,32+,33+,34+,35-/m0/s1. The van der Waals surface area contributed by atoms with Gasteiger partial charge in [-0.2, -0.15) is 0 Å². The van der Waals surface area contributed by atoms with Crippen LogP contribution in [0.25, 0.3) is 0 Å². The fourth-order valence-electron chi connectivity index (χ4n) is 6.37. The lowest BCUT2D eigenvalue weighted by Gasteiger charge is -2.19. The van der Waals surface area contributed by atoms with E-state index < -0.39 is 50.6 Å². The summed E-state index contributed by atoms with van der Waals surface area (Å²) >= 11 is 0. The molecular formula is C38H69O11P. The van der Waals surface area contributed by atoms with Crippen molar-refractivity contribution in [2.24, 2.45) is 17.8 Å². The molecule has 0 spiro atoms. The van der Waals surface area contributed by atoms with E-state index in [0.717, 1.165) is 57.3 Å². The molecule has 292 valence electrons. The first-order valence-corrected chi connectivity index (χ1v) is 21.0. The molecule has 4 N–H and O–H groups in total. The molecule has 11 nitrogen and oxygen atoms in total. The van der Waals surface area contributed by atoms with Gasteiger partial charge in [-0.05, 0) is 37.5 Å². The maximum Gasteiger partial charge on any atom is 0.469 e. The van der Waals surface area contributed by atoms with Crippen molar-refractivity contribution in [2.45, 2.75) is 180 Å². The lowest BCUT2D eigenvalue weighted by atomic mass is 9.88. The van der Waals surface area contributed by atoms with Gasteiger partial charge in [0.25, 0.3) is 0 Å². The van der Waals surface area contributed by atoms with Crippen LogP contribution in [0.2, 0.25) is 0 Å². The third kappa shape index (κ3) is 23.8. The number of Topliss-reactive ketones (excluding diaryl/α,β-unsaturated/α-hetero) is 1. The molecule has 12 heteroatoms. The van der Waals surface area contributed by atoms with E-state index in [1.165, 1.54) is 38.5 Å². The Bertz CT molecular complexity index is 997. The summed E-state index contributed by atoms with van der Waals surface area (Å²) in [5.41, 5.74) is 0. The minimum absolute atomic E-state index is 0.00549. The van der Waals surface area contributed by atoms with Crippen molar-refractivity contribution >= 4 is 25.5 Å². The number of phosphoric acid groups is 1. The monoisotopic (exact) mass is 732 g/mol. The summed E-state index contributed by atoms with van der Waals surface area (Å²) in [6.07, 6.45) is 19.9. The predicted octanol–water partition coefficient (Wildman–Crippen LogP) is 7.90. The fourth-order valence-corrected chi connectivity index (χ4v) is 6.73. The molecule has 0 aromatic carbocycles. The molecular weight excluding hydrogens is 663 g/mol. The van der Waals surface area contributed by atoms with Gasteiger partial charge in [-0.3, -0.25) is 18.9 Å². The number of aliphatic hydroxyl groups excluding tert-OH is 2. The van der Waals surface area contributed by atoms with Gasteiger partial charge >= 0.3 is 19.8 Å². The summed E-state index contributed by atoms with van der Waals surface area (Å²) in [6.45, 7) is 5.68. The Balaban J connectivity index is 2.32. The summed E-state index contributed by atoms with van der Waals surface area (Å²) in [7, 11) is -4.81. The number of allylic oxidation sites excluding steroid dienone is 1. The quantitative estimate of drug-likeness (QED) is 0.0236. The number of aliphatic hydroxyl groups is 2. The number of ether oxygens (including phenoxy) is 2. The molecule has 6 atom stereocenters. The normalized spacial score (nSPS) is 19.9. The molecule has 1 fully saturated rings. The average molecular weight is 733 g/mol. The first-order chi connectivity index (χ1) is 23.9. The Morgan fingerprint density at radius 1 is 0.840 bits per heavy atom. The van der Waals surface area contributed by atoms with Crippen LogP contribution in [-0.2, 0) is 32.9 Å². The second kappa shape index (κ2) is 28.0. The summed E-state index contributed by atoms with van der Waals surface area (Å²) in [5.74, 6) is -0.827. The van der Waals surface area contributed by atoms with Crippen LogP contribution in [-0.4, -0.2) is 69.2 Å². The topological polar surface area (TPSA) is 177 Å². The summed E-state index contributed by atoms with van der Waals surface area (Å²) in [4.78, 5) is 55.4. The number of hydrogen-bond donors (Lipinski definition) is 4. The highest BCUT2D eigenvalue weighted by Crippen LogP contribution is 2.36. The summed E-state index contributed by atoms with van der Waals surface area (Å²) in [5, 5.41) is 20.7. The number of carbonyl (C=O) groups excluding carboxylic acids is 3. The third-order valence-corrected chi connectivity index (χ3v) is 10.2. The van der Waals surface area contributed by atoms with E-state index in [0.29, 0.717) is 32.1 Å². The molecule has 1 aliphatic rings. The van der Waals surface area contributed by atoms with Crippen LogP contribution in [0.1, 0.15) is 162 Å². The number of rotatable bonds is 31. The first-order valence-electron chi connectivity index (χ1n) is 19.5. The molecule has 0 amide bonds. The molecule has 0 radical (unpaired) electrons. The van der Waals surface area contributed by atoms with Crippen LogP contribution in [0.15, 0.2) is 12.2 Å². The highest BCUT2D eigenvalue weighted by Gasteiger charge is 2.39. The molecule has 50 heavy (non-hydrogen) atoms. The number of ketones is 1. The van der Waals surface area contributed by atoms with Crippen LogP contribution < -0.4 is 0 Å². The Kier molecular flexibility index (Phi) is 25.9. The molecule has 0 bridgehead atoms. The third-order valence-electron chi connectivity index (χ3n) is 9.73. The fraction of sp³-hybridized carbons (Fsp3) is 0.868. The van der Waals surface area contributed by atoms with Gasteiger partial charge in [0.05, 0.1) is 18.8 Å². The predicted molar refractivity (Wildman–Crippen MR) is 194 cm³/mol. The molecule has 1 saturated carbocycles. The zero-order valence-electron chi connectivity index (χ0n) is 31.2. The number of unbranched alkanes of at least 4 members (excludes halogenated alkanes) is 12. The maximum absolute atomic E-state index is 12.5. The Morgan fingerprint density at radius 3 is 2.04 bits per heavy atom. The van der Waals surface area contributed by atoms with Gasteiger partial charge in [0, 0.05) is 25.2 Å². The van der Waals surface area contributed by atoms with Crippen LogP contribution in [0.4, 0.5) is 0 Å². The van der Waals surface area contributed by atoms with E-state index in [2.05, 4.69) is 25.3 Å². The van der Waals surface area contributed by atoms with Gasteiger partial charge in [0.2, 0.25) is 0 Å². The zero-order chi connectivity index (χ0) is 37.2. The second-order valence-corrected chi connectivity index (χ2v) is 15.5. The molecule has 0 aromatic rings. The van der Waals surface area contributed by atoms with Crippen molar-refractivity contribution in [3.63, 3.8) is 0 Å². The van der Waals surface area contributed by atoms with Crippen LogP contribution in [0.5, 0.6) is 0 Å². The van der Waals surface area contributed by atoms with E-state index in [1.807, 2.05) is 0 Å². The van der Waals surface area contributed by atoms with E-state index in [4.69, 9.17) is 19.3 Å². The van der Waals surface area contributed by atoms with Gasteiger partial charge in [-0.15, -0.1) is 0 Å². The largest absolute Gasteiger partial charge is 0.469 e. The van der Waals surface area contributed by atoms with Gasteiger partial charge in [-0.1, -0.05) is 129 Å². The molecule has 0 aliphatic heterocycles. The number of carbonyl (C=O) groups is 3. The van der Waals surface area contributed by atoms with Crippen LogP contribution >= 0.6 is 7.82 Å². The highest BCUT2D eigenvalue weighted by molar-refractivity contribution is 7.46. The van der Waals surface area contributed by atoms with Crippen LogP contribution in [0.3, 0.4) is 0 Å². The summed E-state index contributed by atoms with van der Waals surface area (Å²) in [6, 6.07) is 0. The Hall–Kier alpha value is -1.62. The summed E-state index contributed by atoms with van der Waals surface area (Å²) < 4.78 is 26.3. The van der Waals surface area contributed by atoms with Crippen molar-refractivity contribution in [3.8, 4) is 0 Å². The molecule has 1 unspecified atom stereocenters. The van der Waals surface area contributed by atoms with Crippen molar-refractivity contribution in [2.75, 3.05) is 13.2 Å². The van der Waals surface area contributed by atoms with Crippen molar-refractivity contribution < 1.29 is 52.9 Å². The average Bonchev–Trinajstić information content (AvgIpc) is 3.34. The second-order valence-electron chi connectivity index (χ2n) is 14.3. The van der Waals surface area contributed by atoms with E-state index >= 15 is 0 Å². The van der Waals surface area contributed by atoms with E-state index in [-0.39, 0.29) is 37.6 Å². The SMILES string of the molecule is CCCCC[C@H](O)/C=C/[C@H]1C(=O)C[C@H](O)[C@@H]1CCCCCCC(=O)O[C@H](COC(=O)CCCCCCCCCCC(C)CC)COP(=O)(O)O. The number of phosphoric ester groups is 1. The zero-order valence-corrected chi connectivity index (χ0v) is 32.1. The molecule has 0 saturated heterocycles. The van der Waals surface area contributed by atoms with Crippen molar-refractivity contribution in [1.82, 2.24) is 0 Å². The molecule has 0 heterocycles. The molecule has 1 rings (SSSR count). The lowest BCUT2D eigenvalue weighted by Crippen LogP contribution is -2.29. The smallest absolute Gasteiger partial charge is 0.462 e. The van der Waals surface area contributed by atoms with Crippen LogP contribution in [0, 0.1) is 17.8 Å². The van der Waals surface area contributed by atoms with Gasteiger partial charge in [-0.25, -0.2) is 4.57 Å². The minimum atomic E-state index is -4.81. The van der Waals surface area contributed by atoms with Gasteiger partial charge < -0.3 is 29.5 Å². The van der Waals surface area contributed by atoms with Gasteiger partial charge in [0.1, 0.15) is 12.4 Å².